The number of nitrogens with one attached hydrogen (secondary N) is 2. The lowest BCUT2D eigenvalue weighted by Gasteiger charge is -2.11. The van der Waals surface area contributed by atoms with Crippen LogP contribution in [0.1, 0.15) is 39.5 Å². The van der Waals surface area contributed by atoms with Crippen LogP contribution in [-0.4, -0.2) is 40.3 Å². The summed E-state index contributed by atoms with van der Waals surface area (Å²) in [4.78, 5) is 31.4. The Kier molecular flexibility index (Phi) is 8.29. The van der Waals surface area contributed by atoms with Gasteiger partial charge in [0.15, 0.2) is 0 Å². The number of carbonyl (C=O) groups excluding carboxylic acids is 1. The van der Waals surface area contributed by atoms with Crippen molar-refractivity contribution in [1.29, 1.82) is 0 Å². The fraction of sp³-hybridized carbons (Fsp3) is 0.0444. The van der Waals surface area contributed by atoms with Crippen molar-refractivity contribution in [3.63, 3.8) is 0 Å². The van der Waals surface area contributed by atoms with E-state index >= 15 is 0 Å². The first-order valence-corrected chi connectivity index (χ1v) is 16.7. The first kappa shape index (κ1) is 31.3. The van der Waals surface area contributed by atoms with E-state index in [-0.39, 0.29) is 0 Å². The van der Waals surface area contributed by atoms with Crippen molar-refractivity contribution in [2.24, 2.45) is 0 Å². The van der Waals surface area contributed by atoms with Gasteiger partial charge in [-0.25, -0.2) is 9.97 Å². The van der Waals surface area contributed by atoms with Gasteiger partial charge in [-0.2, -0.15) is 0 Å². The van der Waals surface area contributed by atoms with E-state index in [4.69, 9.17) is 9.97 Å². The van der Waals surface area contributed by atoms with Crippen molar-refractivity contribution in [3.8, 4) is 34.1 Å². The maximum atomic E-state index is 11.5. The first-order valence-electron chi connectivity index (χ1n) is 16.7. The van der Waals surface area contributed by atoms with E-state index in [9.17, 15) is 4.79 Å². The van der Waals surface area contributed by atoms with Crippen LogP contribution < -0.4 is 4.90 Å². The zero-order valence-electron chi connectivity index (χ0n) is 28.2. The lowest BCUT2D eigenvalue weighted by Crippen LogP contribution is -2.07. The SMILES string of the molecule is CN(C)c1ccc(C#Cc2c3nc(c(-c4ccccc4)c4ccc([nH]4)c(/C=C/C=O)c4nc(c(-c5ccccc5)c5ccc2[nH]5)C=C4)C=C3)cc1. The van der Waals surface area contributed by atoms with Gasteiger partial charge in [0.25, 0.3) is 0 Å². The minimum absolute atomic E-state index is 0.747. The van der Waals surface area contributed by atoms with Crippen LogP contribution in [0.3, 0.4) is 0 Å². The first-order chi connectivity index (χ1) is 25.1. The second kappa shape index (κ2) is 13.5. The number of rotatable bonds is 5. The van der Waals surface area contributed by atoms with Crippen LogP contribution in [0.4, 0.5) is 5.69 Å². The smallest absolute Gasteiger partial charge is 0.142 e. The largest absolute Gasteiger partial charge is 0.378 e. The standard InChI is InChI=1S/C45H33N5O/c1-50(2)33-18-15-30(16-19-33)17-20-35-38-23-27-42(48-38)44(31-10-5-3-6-11-31)40-25-21-36(46-40)34(14-9-29-51)37-22-26-41(47-37)45(32-12-7-4-8-13-32)43-28-24-39(35)49-43/h3-16,18-19,21-29,46,49H,1-2H3/b14-9+,36-34?,37-34?,38-35?,39-35?,44-40?,44-42?,45-41?,45-43?. The molecule has 244 valence electrons. The van der Waals surface area contributed by atoms with E-state index in [1.807, 2.05) is 93.0 Å². The molecule has 6 aromatic rings. The highest BCUT2D eigenvalue weighted by Gasteiger charge is 2.16. The number of carbonyl (C=O) groups is 1. The highest BCUT2D eigenvalue weighted by molar-refractivity contribution is 5.96. The van der Waals surface area contributed by atoms with E-state index in [0.29, 0.717) is 0 Å². The molecule has 2 aliphatic heterocycles. The summed E-state index contributed by atoms with van der Waals surface area (Å²) in [7, 11) is 4.06. The number of hydrogen-bond donors (Lipinski definition) is 2. The number of H-pyrrole nitrogens is 2. The quantitative estimate of drug-likeness (QED) is 0.110. The molecule has 0 aliphatic carbocycles. The van der Waals surface area contributed by atoms with Gasteiger partial charge in [-0.15, -0.1) is 0 Å². The zero-order valence-corrected chi connectivity index (χ0v) is 28.2. The third kappa shape index (κ3) is 6.21. The highest BCUT2D eigenvalue weighted by atomic mass is 16.1. The fourth-order valence-corrected chi connectivity index (χ4v) is 6.46. The van der Waals surface area contributed by atoms with Gasteiger partial charge in [-0.05, 0) is 96.1 Å². The van der Waals surface area contributed by atoms with Crippen molar-refractivity contribution in [3.05, 3.63) is 155 Å². The summed E-state index contributed by atoms with van der Waals surface area (Å²) in [5.41, 5.74) is 14.2. The lowest BCUT2D eigenvalue weighted by molar-refractivity contribution is -0.104. The molecule has 0 unspecified atom stereocenters. The summed E-state index contributed by atoms with van der Waals surface area (Å²) >= 11 is 0. The molecule has 6 nitrogen and oxygen atoms in total. The van der Waals surface area contributed by atoms with Gasteiger partial charge in [0, 0.05) is 58.6 Å². The topological polar surface area (TPSA) is 77.7 Å². The minimum Gasteiger partial charge on any atom is -0.378 e. The number of aromatic nitrogens is 4. The predicted octanol–water partition coefficient (Wildman–Crippen LogP) is 9.67. The summed E-state index contributed by atoms with van der Waals surface area (Å²) < 4.78 is 0. The molecule has 8 rings (SSSR count). The zero-order chi connectivity index (χ0) is 34.7. The van der Waals surface area contributed by atoms with Crippen LogP contribution in [0.25, 0.3) is 74.7 Å². The number of hydrogen-bond acceptors (Lipinski definition) is 4. The molecule has 6 heteroatoms. The molecule has 0 saturated heterocycles. The number of nitrogens with zero attached hydrogens (tertiary/aromatic N) is 3. The summed E-state index contributed by atoms with van der Waals surface area (Å²) in [6.45, 7) is 0. The molecule has 0 amide bonds. The van der Waals surface area contributed by atoms with Crippen molar-refractivity contribution >= 4 is 64.4 Å². The Hall–Kier alpha value is -6.97. The molecule has 2 N–H and O–H groups in total. The van der Waals surface area contributed by atoms with Gasteiger partial charge < -0.3 is 14.9 Å². The van der Waals surface area contributed by atoms with E-state index in [1.165, 1.54) is 6.08 Å². The summed E-state index contributed by atoms with van der Waals surface area (Å²) in [6.07, 6.45) is 12.2. The van der Waals surface area contributed by atoms with Crippen LogP contribution in [0, 0.1) is 11.8 Å². The van der Waals surface area contributed by atoms with E-state index < -0.39 is 0 Å². The highest BCUT2D eigenvalue weighted by Crippen LogP contribution is 2.34. The van der Waals surface area contributed by atoms with Crippen LogP contribution >= 0.6 is 0 Å². The van der Waals surface area contributed by atoms with E-state index in [2.05, 4.69) is 87.4 Å². The molecule has 3 aromatic carbocycles. The average Bonchev–Trinajstić information content (AvgIpc) is 4.00. The molecule has 0 spiro atoms. The van der Waals surface area contributed by atoms with Gasteiger partial charge in [0.1, 0.15) is 6.29 Å². The number of benzene rings is 3. The fourth-order valence-electron chi connectivity index (χ4n) is 6.46. The summed E-state index contributed by atoms with van der Waals surface area (Å²) in [6, 6.07) is 37.0. The maximum absolute atomic E-state index is 11.5. The Labute approximate surface area is 296 Å². The van der Waals surface area contributed by atoms with Crippen LogP contribution in [0.15, 0.2) is 115 Å². The molecule has 3 aromatic heterocycles. The normalized spacial score (nSPS) is 11.8. The molecular formula is C45H33N5O. The van der Waals surface area contributed by atoms with Gasteiger partial charge >= 0.3 is 0 Å². The Bertz CT molecular complexity index is 2570. The molecule has 0 radical (unpaired) electrons. The van der Waals surface area contributed by atoms with Gasteiger partial charge in [-0.1, -0.05) is 72.5 Å². The van der Waals surface area contributed by atoms with Crippen molar-refractivity contribution in [2.45, 2.75) is 0 Å². The van der Waals surface area contributed by atoms with Gasteiger partial charge in [0.05, 0.1) is 33.9 Å². The van der Waals surface area contributed by atoms with Crippen molar-refractivity contribution in [2.75, 3.05) is 19.0 Å². The third-order valence-corrected chi connectivity index (χ3v) is 8.98. The number of aldehydes is 1. The Balaban J connectivity index is 1.50. The minimum atomic E-state index is 0.747. The summed E-state index contributed by atoms with van der Waals surface area (Å²) in [5.74, 6) is 6.90. The van der Waals surface area contributed by atoms with Crippen molar-refractivity contribution in [1.82, 2.24) is 19.9 Å². The number of aromatic amines is 2. The van der Waals surface area contributed by atoms with E-state index in [0.717, 1.165) is 95.8 Å². The predicted molar refractivity (Wildman–Crippen MR) is 212 cm³/mol. The average molecular weight is 660 g/mol. The molecule has 5 heterocycles. The number of anilines is 1. The van der Waals surface area contributed by atoms with Crippen LogP contribution in [0.2, 0.25) is 0 Å². The van der Waals surface area contributed by atoms with Gasteiger partial charge in [-0.3, -0.25) is 4.79 Å². The Morgan fingerprint density at radius 1 is 0.569 bits per heavy atom. The second-order valence-electron chi connectivity index (χ2n) is 12.5. The molecule has 51 heavy (non-hydrogen) atoms. The van der Waals surface area contributed by atoms with Crippen LogP contribution in [-0.2, 0) is 4.79 Å². The Morgan fingerprint density at radius 2 is 1.10 bits per heavy atom. The van der Waals surface area contributed by atoms with Crippen LogP contribution in [0.5, 0.6) is 0 Å². The Morgan fingerprint density at radius 3 is 1.71 bits per heavy atom. The van der Waals surface area contributed by atoms with E-state index in [1.54, 1.807) is 0 Å². The maximum Gasteiger partial charge on any atom is 0.142 e. The van der Waals surface area contributed by atoms with Gasteiger partial charge in [0.2, 0.25) is 0 Å². The summed E-state index contributed by atoms with van der Waals surface area (Å²) in [5, 5.41) is 0. The molecule has 0 saturated carbocycles. The monoisotopic (exact) mass is 659 g/mol. The molecule has 0 atom stereocenters. The molecule has 8 bridgehead atoms. The lowest BCUT2D eigenvalue weighted by atomic mass is 10.0. The number of fused-ring (bicyclic) bond motifs is 8. The van der Waals surface area contributed by atoms with Crippen molar-refractivity contribution < 1.29 is 4.79 Å². The second-order valence-corrected chi connectivity index (χ2v) is 12.5. The third-order valence-electron chi connectivity index (χ3n) is 8.98. The molecule has 2 aliphatic rings. The molecule has 0 fully saturated rings. The number of allylic oxidation sites excluding steroid dienone is 1. The molecular weight excluding hydrogens is 627 g/mol.